The maximum atomic E-state index is 13.4. The van der Waals surface area contributed by atoms with Gasteiger partial charge in [-0.3, -0.25) is 4.79 Å². The van der Waals surface area contributed by atoms with Crippen LogP contribution in [0, 0.1) is 5.82 Å². The number of carbonyl (C=O) groups excluding carboxylic acids is 1. The highest BCUT2D eigenvalue weighted by Crippen LogP contribution is 2.41. The fraction of sp³-hybridized carbons (Fsp3) is 0.222. The highest BCUT2D eigenvalue weighted by Gasteiger charge is 2.18. The Labute approximate surface area is 144 Å². The summed E-state index contributed by atoms with van der Waals surface area (Å²) >= 11 is 7.67. The predicted molar refractivity (Wildman–Crippen MR) is 95.0 cm³/mol. The molecule has 2 aromatic rings. The standard InChI is InChI=1S/C16H11ClFNOS.C2H6/c1-2-13(20)9-3-5-15-12(7-9)19-16(17)11-8-10(18)4-6-14(11)21-15;1-2/h3-8H,2H2,1H3;1-2H3. The molecule has 3 rings (SSSR count). The summed E-state index contributed by atoms with van der Waals surface area (Å²) in [6, 6.07) is 9.84. The molecule has 0 bridgehead atoms. The Bertz CT molecular complexity index is 774. The molecule has 2 nitrogen and oxygen atoms in total. The molecular weight excluding hydrogens is 333 g/mol. The van der Waals surface area contributed by atoms with Crippen LogP contribution in [0.4, 0.5) is 10.1 Å². The van der Waals surface area contributed by atoms with E-state index in [1.807, 2.05) is 26.8 Å². The molecule has 0 aromatic heterocycles. The van der Waals surface area contributed by atoms with Gasteiger partial charge in [0.05, 0.1) is 5.69 Å². The average Bonchev–Trinajstić information content (AvgIpc) is 2.71. The van der Waals surface area contributed by atoms with E-state index < -0.39 is 0 Å². The first-order valence-corrected chi connectivity index (χ1v) is 8.67. The van der Waals surface area contributed by atoms with E-state index in [9.17, 15) is 9.18 Å². The minimum absolute atomic E-state index is 0.0573. The first-order valence-electron chi connectivity index (χ1n) is 7.47. The molecule has 1 heterocycles. The zero-order valence-electron chi connectivity index (χ0n) is 13.2. The number of hydrogen-bond acceptors (Lipinski definition) is 3. The molecule has 0 unspecified atom stereocenters. The lowest BCUT2D eigenvalue weighted by Crippen LogP contribution is -1.96. The molecule has 1 aliphatic heterocycles. The van der Waals surface area contributed by atoms with E-state index >= 15 is 0 Å². The zero-order valence-corrected chi connectivity index (χ0v) is 14.8. The molecule has 0 fully saturated rings. The van der Waals surface area contributed by atoms with Gasteiger partial charge in [-0.1, -0.05) is 50.2 Å². The summed E-state index contributed by atoms with van der Waals surface area (Å²) in [4.78, 5) is 17.9. The van der Waals surface area contributed by atoms with Gasteiger partial charge in [-0.2, -0.15) is 0 Å². The van der Waals surface area contributed by atoms with Crippen molar-refractivity contribution in [3.8, 4) is 0 Å². The van der Waals surface area contributed by atoms with E-state index in [0.29, 0.717) is 23.2 Å². The number of hydrogen-bond donors (Lipinski definition) is 0. The summed E-state index contributed by atoms with van der Waals surface area (Å²) in [5.41, 5.74) is 1.82. The maximum Gasteiger partial charge on any atom is 0.162 e. The molecule has 0 aliphatic carbocycles. The Morgan fingerprint density at radius 3 is 2.57 bits per heavy atom. The molecule has 0 radical (unpaired) electrons. The summed E-state index contributed by atoms with van der Waals surface area (Å²) in [7, 11) is 0. The Morgan fingerprint density at radius 2 is 1.87 bits per heavy atom. The number of fused-ring (bicyclic) bond motifs is 2. The molecule has 0 amide bonds. The topological polar surface area (TPSA) is 29.4 Å². The fourth-order valence-electron chi connectivity index (χ4n) is 2.11. The van der Waals surface area contributed by atoms with Crippen molar-refractivity contribution in [1.82, 2.24) is 0 Å². The molecule has 0 N–H and O–H groups in total. The number of aliphatic imine (C=N–C) groups is 1. The number of Topliss-reactive ketones (excluding diaryl/α,β-unsaturated/α-hetero) is 1. The van der Waals surface area contributed by atoms with Crippen molar-refractivity contribution in [2.45, 2.75) is 37.0 Å². The molecule has 0 spiro atoms. The van der Waals surface area contributed by atoms with Crippen molar-refractivity contribution in [2.24, 2.45) is 4.99 Å². The van der Waals surface area contributed by atoms with Crippen LogP contribution < -0.4 is 0 Å². The van der Waals surface area contributed by atoms with E-state index in [0.717, 1.165) is 9.79 Å². The molecule has 0 atom stereocenters. The van der Waals surface area contributed by atoms with Crippen LogP contribution in [0.1, 0.15) is 43.1 Å². The fourth-order valence-corrected chi connectivity index (χ4v) is 3.39. The van der Waals surface area contributed by atoms with Gasteiger partial charge in [0.1, 0.15) is 11.0 Å². The van der Waals surface area contributed by atoms with Gasteiger partial charge in [0.15, 0.2) is 5.78 Å². The minimum atomic E-state index is -0.351. The first-order chi connectivity index (χ1) is 11.1. The molecule has 0 saturated heterocycles. The van der Waals surface area contributed by atoms with E-state index in [-0.39, 0.29) is 16.8 Å². The number of rotatable bonds is 2. The van der Waals surface area contributed by atoms with Crippen LogP contribution in [-0.4, -0.2) is 11.0 Å². The normalized spacial score (nSPS) is 12.1. The maximum absolute atomic E-state index is 13.4. The average molecular weight is 350 g/mol. The van der Waals surface area contributed by atoms with Gasteiger partial charge in [0.2, 0.25) is 0 Å². The molecule has 23 heavy (non-hydrogen) atoms. The van der Waals surface area contributed by atoms with Gasteiger partial charge < -0.3 is 0 Å². The largest absolute Gasteiger partial charge is 0.294 e. The van der Waals surface area contributed by atoms with Crippen LogP contribution in [0.3, 0.4) is 0 Å². The third kappa shape index (κ3) is 3.82. The number of nitrogens with zero attached hydrogens (tertiary/aromatic N) is 1. The summed E-state index contributed by atoms with van der Waals surface area (Å²) in [6.45, 7) is 5.82. The predicted octanol–water partition coefficient (Wildman–Crippen LogP) is 6.23. The van der Waals surface area contributed by atoms with E-state index in [4.69, 9.17) is 11.6 Å². The van der Waals surface area contributed by atoms with Crippen LogP contribution in [0.15, 0.2) is 51.2 Å². The third-order valence-corrected chi connectivity index (χ3v) is 4.63. The highest BCUT2D eigenvalue weighted by atomic mass is 35.5. The Morgan fingerprint density at radius 1 is 1.17 bits per heavy atom. The van der Waals surface area contributed by atoms with Gasteiger partial charge in [-0.25, -0.2) is 9.38 Å². The van der Waals surface area contributed by atoms with Crippen molar-refractivity contribution in [1.29, 1.82) is 0 Å². The van der Waals surface area contributed by atoms with Crippen LogP contribution >= 0.6 is 23.4 Å². The van der Waals surface area contributed by atoms with Crippen LogP contribution in [0.25, 0.3) is 0 Å². The molecule has 120 valence electrons. The van der Waals surface area contributed by atoms with Crippen LogP contribution in [-0.2, 0) is 0 Å². The second-order valence-corrected chi connectivity index (χ2v) is 6.05. The van der Waals surface area contributed by atoms with Gasteiger partial charge in [-0.15, -0.1) is 0 Å². The smallest absolute Gasteiger partial charge is 0.162 e. The van der Waals surface area contributed by atoms with E-state index in [1.54, 1.807) is 18.2 Å². The Balaban J connectivity index is 0.000000924. The van der Waals surface area contributed by atoms with E-state index in [2.05, 4.69) is 4.99 Å². The molecule has 1 aliphatic rings. The SMILES string of the molecule is CC.CCC(=O)c1ccc2c(c1)N=C(Cl)c1cc(F)ccc1S2. The van der Waals surface area contributed by atoms with Crippen LogP contribution in [0.2, 0.25) is 0 Å². The van der Waals surface area contributed by atoms with Gasteiger partial charge >= 0.3 is 0 Å². The summed E-state index contributed by atoms with van der Waals surface area (Å²) in [5.74, 6) is -0.294. The number of carbonyl (C=O) groups is 1. The molecule has 5 heteroatoms. The number of benzene rings is 2. The zero-order chi connectivity index (χ0) is 17.0. The van der Waals surface area contributed by atoms with Gasteiger partial charge in [0, 0.05) is 27.3 Å². The minimum Gasteiger partial charge on any atom is -0.294 e. The Hall–Kier alpha value is -1.65. The van der Waals surface area contributed by atoms with Gasteiger partial charge in [-0.05, 0) is 30.3 Å². The van der Waals surface area contributed by atoms with E-state index in [1.165, 1.54) is 23.9 Å². The van der Waals surface area contributed by atoms with Crippen molar-refractivity contribution >= 4 is 40.0 Å². The van der Waals surface area contributed by atoms with Crippen molar-refractivity contribution in [2.75, 3.05) is 0 Å². The summed E-state index contributed by atoms with van der Waals surface area (Å²) in [6.07, 6.45) is 0.439. The summed E-state index contributed by atoms with van der Waals surface area (Å²) in [5, 5.41) is 0.233. The monoisotopic (exact) mass is 349 g/mol. The first kappa shape index (κ1) is 17.7. The van der Waals surface area contributed by atoms with Gasteiger partial charge in [0.25, 0.3) is 0 Å². The lowest BCUT2D eigenvalue weighted by molar-refractivity contribution is 0.0988. The second kappa shape index (κ2) is 7.75. The second-order valence-electron chi connectivity index (χ2n) is 4.60. The van der Waals surface area contributed by atoms with Crippen LogP contribution in [0.5, 0.6) is 0 Å². The summed E-state index contributed by atoms with van der Waals surface area (Å²) < 4.78 is 13.4. The lowest BCUT2D eigenvalue weighted by atomic mass is 10.1. The lowest BCUT2D eigenvalue weighted by Gasteiger charge is -2.06. The number of ketones is 1. The van der Waals surface area contributed by atoms with Crippen molar-refractivity contribution in [3.63, 3.8) is 0 Å². The molecular formula is C18H17ClFNOS. The number of halogens is 2. The third-order valence-electron chi connectivity index (χ3n) is 3.20. The highest BCUT2D eigenvalue weighted by molar-refractivity contribution is 7.99. The van der Waals surface area contributed by atoms with Crippen molar-refractivity contribution < 1.29 is 9.18 Å². The van der Waals surface area contributed by atoms with Crippen molar-refractivity contribution in [3.05, 3.63) is 53.3 Å². The molecule has 0 saturated carbocycles. The quantitative estimate of drug-likeness (QED) is 0.602. The molecule has 2 aromatic carbocycles. The Kier molecular flexibility index (Phi) is 5.97.